The summed E-state index contributed by atoms with van der Waals surface area (Å²) in [4.78, 5) is 18.2. The second-order valence-electron chi connectivity index (χ2n) is 5.50. The highest BCUT2D eigenvalue weighted by Crippen LogP contribution is 2.32. The lowest BCUT2D eigenvalue weighted by Gasteiger charge is -2.23. The van der Waals surface area contributed by atoms with Gasteiger partial charge in [-0.3, -0.25) is 9.98 Å². The lowest BCUT2D eigenvalue weighted by molar-refractivity contribution is 0.724. The van der Waals surface area contributed by atoms with Gasteiger partial charge in [-0.2, -0.15) is 0 Å². The van der Waals surface area contributed by atoms with Gasteiger partial charge in [0.05, 0.1) is 5.39 Å². The van der Waals surface area contributed by atoms with Crippen LogP contribution in [-0.2, 0) is 0 Å². The molecule has 0 aromatic carbocycles. The Bertz CT molecular complexity index is 735. The summed E-state index contributed by atoms with van der Waals surface area (Å²) in [5.41, 5.74) is 4.07. The highest BCUT2D eigenvalue weighted by Gasteiger charge is 2.17. The normalized spacial score (nSPS) is 16.9. The van der Waals surface area contributed by atoms with Crippen molar-refractivity contribution in [2.75, 3.05) is 38.1 Å². The van der Waals surface area contributed by atoms with E-state index in [0.29, 0.717) is 0 Å². The molecule has 0 saturated carbocycles. The molecule has 0 spiro atoms. The van der Waals surface area contributed by atoms with Crippen LogP contribution >= 0.6 is 0 Å². The van der Waals surface area contributed by atoms with Gasteiger partial charge in [0, 0.05) is 68.3 Å². The molecule has 0 aliphatic carbocycles. The highest BCUT2D eigenvalue weighted by molar-refractivity contribution is 6.16. The zero-order chi connectivity index (χ0) is 16.1. The summed E-state index contributed by atoms with van der Waals surface area (Å²) in [6.45, 7) is 7.66. The maximum atomic E-state index is 4.47. The number of pyridine rings is 1. The van der Waals surface area contributed by atoms with Gasteiger partial charge in [0.25, 0.3) is 0 Å². The molecule has 2 N–H and O–H groups in total. The number of rotatable bonds is 4. The van der Waals surface area contributed by atoms with Crippen molar-refractivity contribution >= 4 is 35.2 Å². The first-order chi connectivity index (χ1) is 11.3. The fraction of sp³-hybridized carbons (Fsp3) is 0.353. The van der Waals surface area contributed by atoms with Crippen molar-refractivity contribution in [1.29, 1.82) is 0 Å². The Labute approximate surface area is 136 Å². The second-order valence-corrected chi connectivity index (χ2v) is 5.50. The first kappa shape index (κ1) is 15.4. The van der Waals surface area contributed by atoms with E-state index in [9.17, 15) is 0 Å². The molecule has 1 saturated heterocycles. The molecule has 0 radical (unpaired) electrons. The predicted molar refractivity (Wildman–Crippen MR) is 97.7 cm³/mol. The lowest BCUT2D eigenvalue weighted by Crippen LogP contribution is -2.28. The van der Waals surface area contributed by atoms with Gasteiger partial charge in [0.2, 0.25) is 0 Å². The van der Waals surface area contributed by atoms with Crippen molar-refractivity contribution in [3.63, 3.8) is 0 Å². The summed E-state index contributed by atoms with van der Waals surface area (Å²) in [5, 5.41) is 4.56. The van der Waals surface area contributed by atoms with Crippen molar-refractivity contribution in [2.45, 2.75) is 6.42 Å². The number of hydrogen-bond acceptors (Lipinski definition) is 5. The first-order valence-electron chi connectivity index (χ1n) is 7.85. The standard InChI is InChI=1S/C17H22N6/c1-18-10-13(11-19-2)14-12-22-17-16(14)15(4-6-21-17)23-8-3-5-20-7-9-23/h4,6,10-12,20H,1,3,5,7-9H2,2H3,(H,21,22)/b13-10+,19-11-. The molecule has 6 heteroatoms. The van der Waals surface area contributed by atoms with Crippen molar-refractivity contribution in [1.82, 2.24) is 15.3 Å². The minimum Gasteiger partial charge on any atom is -0.370 e. The van der Waals surface area contributed by atoms with Gasteiger partial charge in [-0.25, -0.2) is 4.98 Å². The van der Waals surface area contributed by atoms with Gasteiger partial charge in [0.1, 0.15) is 5.65 Å². The zero-order valence-electron chi connectivity index (χ0n) is 13.4. The van der Waals surface area contributed by atoms with Crippen molar-refractivity contribution in [3.8, 4) is 0 Å². The number of allylic oxidation sites excluding steroid dienone is 1. The summed E-state index contributed by atoms with van der Waals surface area (Å²) >= 11 is 0. The maximum absolute atomic E-state index is 4.47. The minimum absolute atomic E-state index is 0.883. The number of aliphatic imine (C=N–C) groups is 2. The number of hydrogen-bond donors (Lipinski definition) is 2. The van der Waals surface area contributed by atoms with Gasteiger partial charge in [-0.1, -0.05) is 0 Å². The Morgan fingerprint density at radius 1 is 1.39 bits per heavy atom. The van der Waals surface area contributed by atoms with E-state index in [1.165, 1.54) is 5.69 Å². The van der Waals surface area contributed by atoms with E-state index < -0.39 is 0 Å². The SMILES string of the molecule is C=N/C=C(\C=N/C)c1c[nH]c2nccc(N3CCCNCC3)c12. The number of aromatic nitrogens is 2. The number of nitrogens with zero attached hydrogens (tertiary/aromatic N) is 4. The van der Waals surface area contributed by atoms with Crippen molar-refractivity contribution in [2.24, 2.45) is 9.98 Å². The molecule has 2 aromatic rings. The molecule has 0 atom stereocenters. The fourth-order valence-electron chi connectivity index (χ4n) is 3.03. The van der Waals surface area contributed by atoms with Gasteiger partial charge >= 0.3 is 0 Å². The Kier molecular flexibility index (Phi) is 4.83. The minimum atomic E-state index is 0.883. The summed E-state index contributed by atoms with van der Waals surface area (Å²) in [6, 6.07) is 2.09. The van der Waals surface area contributed by atoms with Crippen LogP contribution in [-0.4, -0.2) is 56.1 Å². The van der Waals surface area contributed by atoms with Crippen LogP contribution in [0.4, 0.5) is 5.69 Å². The third kappa shape index (κ3) is 3.17. The Hall–Kier alpha value is -2.47. The molecular weight excluding hydrogens is 288 g/mol. The number of anilines is 1. The molecular formula is C17H22N6. The highest BCUT2D eigenvalue weighted by atomic mass is 15.2. The molecule has 0 unspecified atom stereocenters. The third-order valence-corrected chi connectivity index (χ3v) is 4.04. The smallest absolute Gasteiger partial charge is 0.139 e. The third-order valence-electron chi connectivity index (χ3n) is 4.04. The van der Waals surface area contributed by atoms with Crippen LogP contribution < -0.4 is 10.2 Å². The second kappa shape index (κ2) is 7.19. The van der Waals surface area contributed by atoms with Crippen LogP contribution in [0.25, 0.3) is 16.6 Å². The zero-order valence-corrected chi connectivity index (χ0v) is 13.4. The van der Waals surface area contributed by atoms with E-state index in [1.807, 2.05) is 12.4 Å². The van der Waals surface area contributed by atoms with E-state index in [2.05, 4.69) is 43.0 Å². The van der Waals surface area contributed by atoms with E-state index in [0.717, 1.165) is 54.8 Å². The molecule has 6 nitrogen and oxygen atoms in total. The van der Waals surface area contributed by atoms with E-state index >= 15 is 0 Å². The number of aromatic amines is 1. The molecule has 1 aliphatic rings. The molecule has 3 rings (SSSR count). The number of fused-ring (bicyclic) bond motifs is 1. The fourth-order valence-corrected chi connectivity index (χ4v) is 3.03. The van der Waals surface area contributed by atoms with Crippen LogP contribution in [0.15, 0.2) is 34.6 Å². The van der Waals surface area contributed by atoms with Crippen molar-refractivity contribution in [3.05, 3.63) is 30.2 Å². The molecule has 0 bridgehead atoms. The lowest BCUT2D eigenvalue weighted by atomic mass is 10.1. The largest absolute Gasteiger partial charge is 0.370 e. The summed E-state index contributed by atoms with van der Waals surface area (Å²) in [6.07, 6.45) is 8.50. The average molecular weight is 310 g/mol. The van der Waals surface area contributed by atoms with Crippen LogP contribution in [0, 0.1) is 0 Å². The van der Waals surface area contributed by atoms with Gasteiger partial charge in [-0.15, -0.1) is 0 Å². The molecule has 23 heavy (non-hydrogen) atoms. The van der Waals surface area contributed by atoms with Crippen LogP contribution in [0.5, 0.6) is 0 Å². The van der Waals surface area contributed by atoms with Gasteiger partial charge in [-0.05, 0) is 25.7 Å². The topological polar surface area (TPSA) is 68.7 Å². The quantitative estimate of drug-likeness (QED) is 0.850. The van der Waals surface area contributed by atoms with Crippen LogP contribution in [0.1, 0.15) is 12.0 Å². The molecule has 3 heterocycles. The summed E-state index contributed by atoms with van der Waals surface area (Å²) < 4.78 is 0. The number of H-pyrrole nitrogens is 1. The Morgan fingerprint density at radius 3 is 3.13 bits per heavy atom. The predicted octanol–water partition coefficient (Wildman–Crippen LogP) is 2.10. The average Bonchev–Trinajstić information content (AvgIpc) is 2.81. The van der Waals surface area contributed by atoms with Crippen LogP contribution in [0.2, 0.25) is 0 Å². The van der Waals surface area contributed by atoms with Gasteiger partial charge < -0.3 is 15.2 Å². The van der Waals surface area contributed by atoms with E-state index in [1.54, 1.807) is 19.5 Å². The molecule has 1 aliphatic heterocycles. The summed E-state index contributed by atoms with van der Waals surface area (Å²) in [7, 11) is 1.76. The van der Waals surface area contributed by atoms with Gasteiger partial charge in [0.15, 0.2) is 0 Å². The van der Waals surface area contributed by atoms with Crippen LogP contribution in [0.3, 0.4) is 0 Å². The molecule has 1 fully saturated rings. The molecule has 2 aromatic heterocycles. The maximum Gasteiger partial charge on any atom is 0.139 e. The Morgan fingerprint density at radius 2 is 2.30 bits per heavy atom. The number of nitrogens with one attached hydrogen (secondary N) is 2. The summed E-state index contributed by atoms with van der Waals surface area (Å²) in [5.74, 6) is 0. The van der Waals surface area contributed by atoms with E-state index in [4.69, 9.17) is 0 Å². The van der Waals surface area contributed by atoms with Crippen molar-refractivity contribution < 1.29 is 0 Å². The first-order valence-corrected chi connectivity index (χ1v) is 7.85. The van der Waals surface area contributed by atoms with E-state index in [-0.39, 0.29) is 0 Å². The molecule has 0 amide bonds. The Balaban J connectivity index is 2.13. The monoisotopic (exact) mass is 310 g/mol. The molecule has 120 valence electrons.